The van der Waals surface area contributed by atoms with E-state index >= 15 is 0 Å². The molecule has 10 heteroatoms. The van der Waals surface area contributed by atoms with Gasteiger partial charge in [-0.25, -0.2) is 14.6 Å². The van der Waals surface area contributed by atoms with Crippen LogP contribution in [0.3, 0.4) is 0 Å². The molecule has 9 nitrogen and oxygen atoms in total. The molecule has 0 fully saturated rings. The number of carbonyl (C=O) groups excluding carboxylic acids is 2. The third kappa shape index (κ3) is 5.45. The van der Waals surface area contributed by atoms with Gasteiger partial charge >= 0.3 is 11.9 Å². The molecule has 46 heavy (non-hydrogen) atoms. The molecule has 1 aliphatic heterocycles. The lowest BCUT2D eigenvalue weighted by molar-refractivity contribution is -0.139. The quantitative estimate of drug-likeness (QED) is 0.189. The lowest BCUT2D eigenvalue weighted by atomic mass is 9.90. The van der Waals surface area contributed by atoms with Crippen molar-refractivity contribution < 1.29 is 28.2 Å². The lowest BCUT2D eigenvalue weighted by Gasteiger charge is -2.28. The van der Waals surface area contributed by atoms with Gasteiger partial charge in [-0.15, -0.1) is 0 Å². The van der Waals surface area contributed by atoms with Crippen LogP contribution in [0.25, 0.3) is 28.2 Å². The maximum Gasteiger partial charge on any atom is 0.338 e. The summed E-state index contributed by atoms with van der Waals surface area (Å²) in [6.07, 6.45) is 2.90. The summed E-state index contributed by atoms with van der Waals surface area (Å²) in [5.74, 6) is 0.401. The highest BCUT2D eigenvalue weighted by Crippen LogP contribution is 2.41. The van der Waals surface area contributed by atoms with Crippen LogP contribution in [0.15, 0.2) is 98.3 Å². The monoisotopic (exact) mass is 636 g/mol. The molecule has 234 valence electrons. The van der Waals surface area contributed by atoms with E-state index in [9.17, 15) is 14.4 Å². The lowest BCUT2D eigenvalue weighted by Crippen LogP contribution is -2.40. The van der Waals surface area contributed by atoms with Crippen molar-refractivity contribution in [3.8, 4) is 17.1 Å². The number of furan rings is 1. The molecule has 0 amide bonds. The van der Waals surface area contributed by atoms with E-state index in [0.717, 1.165) is 17.2 Å². The van der Waals surface area contributed by atoms with E-state index in [1.807, 2.05) is 43.3 Å². The zero-order valence-corrected chi connectivity index (χ0v) is 26.7. The van der Waals surface area contributed by atoms with Crippen molar-refractivity contribution in [2.24, 2.45) is 4.99 Å². The average Bonchev–Trinajstić information content (AvgIpc) is 3.67. The molecule has 0 bridgehead atoms. The van der Waals surface area contributed by atoms with E-state index in [4.69, 9.17) is 23.6 Å². The molecule has 1 aliphatic rings. The van der Waals surface area contributed by atoms with E-state index in [2.05, 4.69) is 0 Å². The number of esters is 2. The Kier molecular flexibility index (Phi) is 8.72. The Labute approximate surface area is 268 Å². The second-order valence-corrected chi connectivity index (χ2v) is 11.6. The molecular weight excluding hydrogens is 604 g/mol. The fourth-order valence-corrected chi connectivity index (χ4v) is 6.82. The smallest absolute Gasteiger partial charge is 0.338 e. The van der Waals surface area contributed by atoms with Crippen LogP contribution in [0, 0.1) is 0 Å². The first-order valence-corrected chi connectivity index (χ1v) is 15.8. The Hall–Kier alpha value is -5.22. The maximum absolute atomic E-state index is 14.4. The second-order valence-electron chi connectivity index (χ2n) is 10.6. The van der Waals surface area contributed by atoms with Crippen molar-refractivity contribution in [1.82, 2.24) is 4.57 Å². The molecule has 0 saturated heterocycles. The number of rotatable bonds is 9. The molecule has 0 unspecified atom stereocenters. The molecule has 0 N–H and O–H groups in total. The van der Waals surface area contributed by atoms with E-state index < -0.39 is 18.0 Å². The van der Waals surface area contributed by atoms with Crippen LogP contribution >= 0.6 is 11.3 Å². The van der Waals surface area contributed by atoms with Gasteiger partial charge in [-0.1, -0.05) is 73.2 Å². The fourth-order valence-electron chi connectivity index (χ4n) is 5.82. The van der Waals surface area contributed by atoms with E-state index in [1.54, 1.807) is 61.1 Å². The Balaban J connectivity index is 1.58. The summed E-state index contributed by atoms with van der Waals surface area (Å²) in [7, 11) is 2.90. The predicted octanol–water partition coefficient (Wildman–Crippen LogP) is 5.79. The largest absolute Gasteiger partial charge is 0.496 e. The molecule has 3 aromatic carbocycles. The molecule has 5 aromatic rings. The number of carbonyl (C=O) groups is 2. The summed E-state index contributed by atoms with van der Waals surface area (Å²) >= 11 is 1.21. The minimum absolute atomic E-state index is 0.172. The number of allylic oxidation sites excluding steroid dienone is 1. The fraction of sp³-hybridized carbons (Fsp3) is 0.222. The van der Waals surface area contributed by atoms with Gasteiger partial charge in [0.15, 0.2) is 4.80 Å². The topological polar surface area (TPSA) is 109 Å². The Morgan fingerprint density at radius 2 is 1.76 bits per heavy atom. The minimum atomic E-state index is -0.848. The molecule has 2 aromatic heterocycles. The second kappa shape index (κ2) is 13.0. The minimum Gasteiger partial charge on any atom is -0.496 e. The first-order valence-electron chi connectivity index (χ1n) is 14.9. The number of benzene rings is 3. The van der Waals surface area contributed by atoms with Crippen LogP contribution in [-0.2, 0) is 14.3 Å². The van der Waals surface area contributed by atoms with Crippen LogP contribution in [-0.4, -0.2) is 37.3 Å². The maximum atomic E-state index is 14.4. The summed E-state index contributed by atoms with van der Waals surface area (Å²) in [5, 5.41) is 1.79. The van der Waals surface area contributed by atoms with Crippen LogP contribution in [0.5, 0.6) is 5.75 Å². The zero-order valence-electron chi connectivity index (χ0n) is 25.9. The third-order valence-electron chi connectivity index (χ3n) is 7.81. The Morgan fingerprint density at radius 3 is 2.52 bits per heavy atom. The molecule has 3 heterocycles. The predicted molar refractivity (Wildman–Crippen MR) is 176 cm³/mol. The van der Waals surface area contributed by atoms with Crippen molar-refractivity contribution in [3.63, 3.8) is 0 Å². The number of aromatic nitrogens is 1. The number of hydrogen-bond acceptors (Lipinski definition) is 9. The molecule has 0 aliphatic carbocycles. The molecular formula is C36H32N2O7S. The van der Waals surface area contributed by atoms with Gasteiger partial charge in [0, 0.05) is 17.2 Å². The standard InChI is InChI=1S/C36H32N2O7S/c1-5-11-26-31(35(41)44-6-2)32(30-23-13-8-7-12-21(23)16-18-28(30)42-3)38-33(39)29(46-36(38)37-26)20-22-17-19-27(45-22)24-14-9-10-15-25(24)34(40)43-4/h7-10,12-20,32H,5-6,11H2,1-4H3/b29-20+/t32-/m1/s1. The molecule has 0 spiro atoms. The molecule has 0 saturated carbocycles. The van der Waals surface area contributed by atoms with Gasteiger partial charge in [0.2, 0.25) is 0 Å². The summed E-state index contributed by atoms with van der Waals surface area (Å²) in [6.45, 7) is 3.94. The SMILES string of the molecule is CCCC1=C(C(=O)OCC)[C@@H](c2c(OC)ccc3ccccc23)n2c(s/c(=C/c3ccc(-c4ccccc4C(=O)OC)o3)c2=O)=N1. The summed E-state index contributed by atoms with van der Waals surface area (Å²) < 4.78 is 24.4. The van der Waals surface area contributed by atoms with Crippen molar-refractivity contribution in [3.05, 3.63) is 121 Å². The number of fused-ring (bicyclic) bond motifs is 2. The van der Waals surface area contributed by atoms with E-state index in [0.29, 0.717) is 61.0 Å². The van der Waals surface area contributed by atoms with E-state index in [-0.39, 0.29) is 12.2 Å². The highest BCUT2D eigenvalue weighted by atomic mass is 32.1. The first-order chi connectivity index (χ1) is 22.4. The van der Waals surface area contributed by atoms with Gasteiger partial charge < -0.3 is 18.6 Å². The Bertz CT molecular complexity index is 2190. The van der Waals surface area contributed by atoms with Crippen molar-refractivity contribution in [2.45, 2.75) is 32.7 Å². The van der Waals surface area contributed by atoms with Gasteiger partial charge in [-0.05, 0) is 48.4 Å². The normalized spacial score (nSPS) is 14.6. The average molecular weight is 637 g/mol. The third-order valence-corrected chi connectivity index (χ3v) is 8.80. The number of methoxy groups -OCH3 is 2. The summed E-state index contributed by atoms with van der Waals surface area (Å²) in [4.78, 5) is 45.7. The number of nitrogens with zero attached hydrogens (tertiary/aromatic N) is 2. The van der Waals surface area contributed by atoms with Gasteiger partial charge in [-0.2, -0.15) is 0 Å². The van der Waals surface area contributed by atoms with Gasteiger partial charge in [0.1, 0.15) is 23.3 Å². The van der Waals surface area contributed by atoms with Crippen LogP contribution in [0.2, 0.25) is 0 Å². The highest BCUT2D eigenvalue weighted by molar-refractivity contribution is 7.07. The van der Waals surface area contributed by atoms with Crippen LogP contribution in [0.4, 0.5) is 0 Å². The first kappa shape index (κ1) is 30.8. The van der Waals surface area contributed by atoms with E-state index in [1.165, 1.54) is 18.4 Å². The van der Waals surface area contributed by atoms with Crippen molar-refractivity contribution in [2.75, 3.05) is 20.8 Å². The number of thiazole rings is 1. The van der Waals surface area contributed by atoms with Crippen LogP contribution < -0.4 is 19.6 Å². The number of ether oxygens (including phenoxy) is 3. The summed E-state index contributed by atoms with van der Waals surface area (Å²) in [5.41, 5.74) is 2.17. The molecule has 1 atom stereocenters. The summed E-state index contributed by atoms with van der Waals surface area (Å²) in [6, 6.07) is 21.2. The Morgan fingerprint density at radius 1 is 0.978 bits per heavy atom. The van der Waals surface area contributed by atoms with Gasteiger partial charge in [0.05, 0.1) is 42.2 Å². The highest BCUT2D eigenvalue weighted by Gasteiger charge is 2.37. The zero-order chi connectivity index (χ0) is 32.4. The van der Waals surface area contributed by atoms with Crippen molar-refractivity contribution >= 4 is 40.1 Å². The van der Waals surface area contributed by atoms with Gasteiger partial charge in [0.25, 0.3) is 5.56 Å². The molecule has 6 rings (SSSR count). The van der Waals surface area contributed by atoms with Crippen LogP contribution in [0.1, 0.15) is 54.4 Å². The number of hydrogen-bond donors (Lipinski definition) is 0. The molecule has 0 radical (unpaired) electrons. The van der Waals surface area contributed by atoms with Crippen molar-refractivity contribution in [1.29, 1.82) is 0 Å². The van der Waals surface area contributed by atoms with Gasteiger partial charge in [-0.3, -0.25) is 9.36 Å².